The van der Waals surface area contributed by atoms with Crippen molar-refractivity contribution in [1.82, 2.24) is 0 Å². The van der Waals surface area contributed by atoms with Gasteiger partial charge in [-0.25, -0.2) is 0 Å². The second kappa shape index (κ2) is 12.9. The first kappa shape index (κ1) is 33.8. The summed E-state index contributed by atoms with van der Waals surface area (Å²) in [6.45, 7) is 19.9. The molecule has 0 atom stereocenters. The summed E-state index contributed by atoms with van der Waals surface area (Å²) in [6.07, 6.45) is 1.27. The van der Waals surface area contributed by atoms with Crippen LogP contribution in [0.5, 0.6) is 17.2 Å². The molecule has 0 aliphatic carbocycles. The van der Waals surface area contributed by atoms with Gasteiger partial charge in [0.2, 0.25) is 0 Å². The first-order valence-corrected chi connectivity index (χ1v) is 17.7. The number of hydrogen-bond acceptors (Lipinski definition) is 5. The third kappa shape index (κ3) is 9.68. The molecule has 0 aliphatic rings. The Morgan fingerprint density at radius 3 is 1.21 bits per heavy atom. The van der Waals surface area contributed by atoms with Gasteiger partial charge in [-0.1, -0.05) is 31.5 Å². The van der Waals surface area contributed by atoms with E-state index in [-0.39, 0.29) is 5.75 Å². The molecule has 0 spiro atoms. The van der Waals surface area contributed by atoms with Crippen LogP contribution >= 0.6 is 10.3 Å². The van der Waals surface area contributed by atoms with Gasteiger partial charge < -0.3 is 14.2 Å². The van der Waals surface area contributed by atoms with Crippen molar-refractivity contribution >= 4 is 20.4 Å². The highest BCUT2D eigenvalue weighted by molar-refractivity contribution is 8.32. The molecule has 3 aromatic rings. The van der Waals surface area contributed by atoms with Crippen LogP contribution < -0.4 is 14.2 Å². The maximum atomic E-state index is 13.8. The second-order valence-electron chi connectivity index (χ2n) is 13.4. The van der Waals surface area contributed by atoms with Crippen LogP contribution in [0.2, 0.25) is 0 Å². The zero-order valence-corrected chi connectivity index (χ0v) is 28.5. The van der Waals surface area contributed by atoms with Crippen molar-refractivity contribution in [3.8, 4) is 17.2 Å². The van der Waals surface area contributed by atoms with Gasteiger partial charge in [0.15, 0.2) is 0 Å². The van der Waals surface area contributed by atoms with Gasteiger partial charge in [-0.15, -0.1) is 0 Å². The zero-order valence-electron chi connectivity index (χ0n) is 26.9. The molecule has 0 saturated heterocycles. The molecule has 0 fully saturated rings. The molecular weight excluding hydrogens is 569 g/mol. The van der Waals surface area contributed by atoms with E-state index >= 15 is 0 Å². The molecule has 0 heterocycles. The summed E-state index contributed by atoms with van der Waals surface area (Å²) in [6, 6.07) is 23.0. The molecule has 42 heavy (non-hydrogen) atoms. The smallest absolute Gasteiger partial charge is 0.390 e. The van der Waals surface area contributed by atoms with Gasteiger partial charge in [-0.3, -0.25) is 3.63 Å². The Balaban J connectivity index is 2.42. The number of benzene rings is 3. The fourth-order valence-corrected chi connectivity index (χ4v) is 10.1. The van der Waals surface area contributed by atoms with Crippen molar-refractivity contribution in [3.63, 3.8) is 0 Å². The van der Waals surface area contributed by atoms with Crippen LogP contribution in [-0.4, -0.2) is 34.6 Å². The summed E-state index contributed by atoms with van der Waals surface area (Å²) in [5.74, 6) is 1.89. The van der Waals surface area contributed by atoms with Crippen molar-refractivity contribution < 1.29 is 26.3 Å². The first-order valence-electron chi connectivity index (χ1n) is 14.5. The highest BCUT2D eigenvalue weighted by Crippen LogP contribution is 2.69. The minimum Gasteiger partial charge on any atom is -0.488 e. The SMILES string of the molecule is CCCCS(=O)(=O)[OH+]S(c1cccc(OC(C)(C)C)c1)(c1cccc(OC(C)(C)C)c1)c1cccc(OC(C)(C)C)c1. The average molecular weight is 618 g/mol. The molecule has 0 radical (unpaired) electrons. The highest BCUT2D eigenvalue weighted by atomic mass is 32.3. The molecule has 6 nitrogen and oxygen atoms in total. The number of unbranched alkanes of at least 4 members (excludes halogenated alkanes) is 1. The van der Waals surface area contributed by atoms with Gasteiger partial charge in [0.25, 0.3) is 0 Å². The van der Waals surface area contributed by atoms with Gasteiger partial charge in [-0.05, 0) is 123 Å². The summed E-state index contributed by atoms with van der Waals surface area (Å²) in [4.78, 5) is 2.22. The van der Waals surface area contributed by atoms with Gasteiger partial charge in [0.1, 0.15) is 39.8 Å². The molecule has 0 aliphatic heterocycles. The van der Waals surface area contributed by atoms with E-state index < -0.39 is 37.2 Å². The number of ether oxygens (including phenoxy) is 3. The molecule has 0 saturated carbocycles. The van der Waals surface area contributed by atoms with E-state index in [0.29, 0.717) is 23.7 Å². The summed E-state index contributed by atoms with van der Waals surface area (Å²) >= 11 is 0. The highest BCUT2D eigenvalue weighted by Gasteiger charge is 2.44. The van der Waals surface area contributed by atoms with Crippen LogP contribution in [0.15, 0.2) is 87.5 Å². The van der Waals surface area contributed by atoms with Crippen molar-refractivity contribution in [2.45, 2.75) is 114 Å². The zero-order chi connectivity index (χ0) is 31.4. The van der Waals surface area contributed by atoms with E-state index in [1.54, 1.807) is 0 Å². The standard InChI is InChI=1S/C34H48O6S2/c1-11-12-22-41(35,36)40-42(29-19-13-16-26(23-29)37-32(2,3)4,30-20-14-17-27(24-30)38-33(5,6)7)31-21-15-18-28(25-31)39-34(8,9)10/h13-21,23-25H,11-12,22H2,1-10H3/p+1. The lowest BCUT2D eigenvalue weighted by molar-refractivity contribution is 0.130. The Bertz CT molecular complexity index is 1300. The maximum absolute atomic E-state index is 13.8. The molecule has 0 unspecified atom stereocenters. The topological polar surface area (TPSA) is 74.6 Å². The lowest BCUT2D eigenvalue weighted by atomic mass is 10.2. The number of rotatable bonds is 11. The largest absolute Gasteiger partial charge is 0.488 e. The molecule has 0 bridgehead atoms. The molecule has 0 aromatic heterocycles. The van der Waals surface area contributed by atoms with E-state index in [1.165, 1.54) is 0 Å². The quantitative estimate of drug-likeness (QED) is 0.158. The Labute approximate surface area is 255 Å². The monoisotopic (exact) mass is 617 g/mol. The number of hydrogen-bond donors (Lipinski definition) is 0. The van der Waals surface area contributed by atoms with Crippen LogP contribution in [0.25, 0.3) is 0 Å². The third-order valence-corrected chi connectivity index (χ3v) is 11.1. The van der Waals surface area contributed by atoms with E-state index in [9.17, 15) is 8.42 Å². The minimum absolute atomic E-state index is 0.0349. The summed E-state index contributed by atoms with van der Waals surface area (Å²) in [7, 11) is -6.61. The van der Waals surface area contributed by atoms with Gasteiger partial charge in [-0.2, -0.15) is 8.42 Å². The van der Waals surface area contributed by atoms with Gasteiger partial charge in [0.05, 0.1) is 25.0 Å². The van der Waals surface area contributed by atoms with Gasteiger partial charge in [0, 0.05) is 0 Å². The Kier molecular flexibility index (Phi) is 10.4. The first-order chi connectivity index (χ1) is 19.3. The fourth-order valence-electron chi connectivity index (χ4n) is 4.30. The van der Waals surface area contributed by atoms with Crippen molar-refractivity contribution in [1.29, 1.82) is 0 Å². The lowest BCUT2D eigenvalue weighted by Crippen LogP contribution is -2.24. The maximum Gasteiger partial charge on any atom is 0.390 e. The summed E-state index contributed by atoms with van der Waals surface area (Å²) in [5.41, 5.74) is -1.33. The van der Waals surface area contributed by atoms with E-state index in [0.717, 1.165) is 21.1 Å². The predicted octanol–water partition coefficient (Wildman–Crippen LogP) is 9.64. The molecule has 0 amide bonds. The summed E-state index contributed by atoms with van der Waals surface area (Å²) < 4.78 is 51.3. The van der Waals surface area contributed by atoms with Crippen LogP contribution in [0.1, 0.15) is 82.1 Å². The fraction of sp³-hybridized carbons (Fsp3) is 0.471. The van der Waals surface area contributed by atoms with Crippen molar-refractivity contribution in [2.24, 2.45) is 0 Å². The summed E-state index contributed by atoms with van der Waals surface area (Å²) in [5, 5.41) is 0. The minimum atomic E-state index is -3.85. The Morgan fingerprint density at radius 1 is 0.595 bits per heavy atom. The third-order valence-electron chi connectivity index (χ3n) is 5.69. The van der Waals surface area contributed by atoms with Crippen LogP contribution in [0, 0.1) is 0 Å². The normalized spacial score (nSPS) is 13.5. The van der Waals surface area contributed by atoms with Crippen LogP contribution in [0.4, 0.5) is 0 Å². The van der Waals surface area contributed by atoms with E-state index in [2.05, 4.69) is 0 Å². The molecule has 1 N–H and O–H groups in total. The molecule has 3 rings (SSSR count). The second-order valence-corrected chi connectivity index (χ2v) is 18.1. The predicted molar refractivity (Wildman–Crippen MR) is 174 cm³/mol. The average Bonchev–Trinajstić information content (AvgIpc) is 2.83. The van der Waals surface area contributed by atoms with Crippen molar-refractivity contribution in [3.05, 3.63) is 72.8 Å². The molecular formula is C34H49O6S2+. The Hall–Kier alpha value is -2.68. The molecule has 232 valence electrons. The Morgan fingerprint density at radius 2 is 0.929 bits per heavy atom. The molecule has 3 aromatic carbocycles. The van der Waals surface area contributed by atoms with E-state index in [4.69, 9.17) is 17.8 Å². The van der Waals surface area contributed by atoms with Crippen molar-refractivity contribution in [2.75, 3.05) is 5.75 Å². The lowest BCUT2D eigenvalue weighted by Gasteiger charge is -2.36. The van der Waals surface area contributed by atoms with Gasteiger partial charge >= 0.3 is 10.1 Å². The van der Waals surface area contributed by atoms with E-state index in [1.807, 2.05) is 142 Å². The molecule has 8 heteroatoms. The van der Waals surface area contributed by atoms with Crippen LogP contribution in [0.3, 0.4) is 0 Å². The van der Waals surface area contributed by atoms with Crippen LogP contribution in [-0.2, 0) is 10.1 Å².